The van der Waals surface area contributed by atoms with Crippen LogP contribution in [0.4, 0.5) is 0 Å². The molecule has 0 aliphatic heterocycles. The van der Waals surface area contributed by atoms with E-state index in [0.29, 0.717) is 0 Å². The first-order valence-electron chi connectivity index (χ1n) is 3.35. The third kappa shape index (κ3) is 5.86. The summed E-state index contributed by atoms with van der Waals surface area (Å²) in [5.74, 6) is -1.17. The second-order valence-corrected chi connectivity index (χ2v) is 2.49. The Balaban J connectivity index is 3.83. The number of esters is 1. The normalized spacial score (nSPS) is 10.3. The van der Waals surface area contributed by atoms with Crippen molar-refractivity contribution in [2.24, 2.45) is 0 Å². The Morgan fingerprint density at radius 1 is 1.25 bits per heavy atom. The summed E-state index contributed by atoms with van der Waals surface area (Å²) in [6, 6.07) is 0. The molecule has 1 atom stereocenters. The fourth-order valence-corrected chi connectivity index (χ4v) is 0.526. The van der Waals surface area contributed by atoms with Crippen molar-refractivity contribution in [3.63, 3.8) is 0 Å². The van der Waals surface area contributed by atoms with Crippen molar-refractivity contribution >= 4 is 21.4 Å². The standard InChI is InChI=1S/C7H11O4P/c1-5(2)10-6(8)3-4-7(9)11-12/h3-5H,12H2,1-2H3/b4-3+. The molecular formula is C7H11O4P. The fourth-order valence-electron chi connectivity index (χ4n) is 0.447. The zero-order chi connectivity index (χ0) is 9.56. The first kappa shape index (κ1) is 11.1. The second kappa shape index (κ2) is 5.72. The third-order valence-corrected chi connectivity index (χ3v) is 1.06. The van der Waals surface area contributed by atoms with Crippen molar-refractivity contribution in [2.75, 3.05) is 0 Å². The molecule has 0 saturated carbocycles. The number of carbonyl (C=O) groups excluding carboxylic acids is 2. The largest absolute Gasteiger partial charge is 0.460 e. The van der Waals surface area contributed by atoms with E-state index in [-0.39, 0.29) is 6.10 Å². The highest BCUT2D eigenvalue weighted by molar-refractivity contribution is 7.10. The lowest BCUT2D eigenvalue weighted by molar-refractivity contribution is -0.141. The predicted molar refractivity (Wildman–Crippen MR) is 46.2 cm³/mol. The summed E-state index contributed by atoms with van der Waals surface area (Å²) < 4.78 is 8.89. The Morgan fingerprint density at radius 2 is 1.75 bits per heavy atom. The molecule has 0 aliphatic carbocycles. The minimum atomic E-state index is -0.610. The molecule has 0 amide bonds. The van der Waals surface area contributed by atoms with Crippen LogP contribution in [-0.2, 0) is 18.8 Å². The fraction of sp³-hybridized carbons (Fsp3) is 0.429. The van der Waals surface area contributed by atoms with Gasteiger partial charge in [0.2, 0.25) is 0 Å². The Kier molecular flexibility index (Phi) is 5.30. The predicted octanol–water partition coefficient (Wildman–Crippen LogP) is 0.827. The molecule has 5 heteroatoms. The minimum Gasteiger partial charge on any atom is -0.460 e. The molecule has 0 aromatic carbocycles. The van der Waals surface area contributed by atoms with E-state index >= 15 is 0 Å². The van der Waals surface area contributed by atoms with E-state index in [1.165, 1.54) is 0 Å². The highest BCUT2D eigenvalue weighted by atomic mass is 31.0. The summed E-state index contributed by atoms with van der Waals surface area (Å²) in [6.07, 6.45) is 1.83. The van der Waals surface area contributed by atoms with Gasteiger partial charge in [-0.1, -0.05) is 0 Å². The summed E-state index contributed by atoms with van der Waals surface area (Å²) in [7, 11) is 1.78. The van der Waals surface area contributed by atoms with E-state index in [9.17, 15) is 9.59 Å². The summed E-state index contributed by atoms with van der Waals surface area (Å²) in [6.45, 7) is 3.44. The lowest BCUT2D eigenvalue weighted by Crippen LogP contribution is -2.08. The average Bonchev–Trinajstić information content (AvgIpc) is 1.99. The maximum absolute atomic E-state index is 10.8. The lowest BCUT2D eigenvalue weighted by Gasteiger charge is -2.03. The van der Waals surface area contributed by atoms with Crippen LogP contribution in [0.2, 0.25) is 0 Å². The van der Waals surface area contributed by atoms with Crippen molar-refractivity contribution < 1.29 is 18.8 Å². The zero-order valence-corrected chi connectivity index (χ0v) is 8.10. The van der Waals surface area contributed by atoms with E-state index in [0.717, 1.165) is 12.2 Å². The van der Waals surface area contributed by atoms with Gasteiger partial charge in [0, 0.05) is 12.2 Å². The van der Waals surface area contributed by atoms with Gasteiger partial charge in [-0.15, -0.1) is 0 Å². The van der Waals surface area contributed by atoms with Crippen LogP contribution in [0.3, 0.4) is 0 Å². The maximum Gasteiger partial charge on any atom is 0.333 e. The maximum atomic E-state index is 10.8. The van der Waals surface area contributed by atoms with Gasteiger partial charge in [0.25, 0.3) is 0 Å². The average molecular weight is 190 g/mol. The molecule has 0 spiro atoms. The summed E-state index contributed by atoms with van der Waals surface area (Å²) in [5.41, 5.74) is 0. The van der Waals surface area contributed by atoms with Crippen LogP contribution in [0, 0.1) is 0 Å². The summed E-state index contributed by atoms with van der Waals surface area (Å²) >= 11 is 0. The van der Waals surface area contributed by atoms with Gasteiger partial charge < -0.3 is 9.26 Å². The number of hydrogen-bond acceptors (Lipinski definition) is 4. The molecule has 1 unspecified atom stereocenters. The van der Waals surface area contributed by atoms with Crippen LogP contribution < -0.4 is 0 Å². The molecule has 0 saturated heterocycles. The first-order chi connectivity index (χ1) is 5.56. The molecule has 12 heavy (non-hydrogen) atoms. The van der Waals surface area contributed by atoms with Crippen LogP contribution >= 0.6 is 9.47 Å². The van der Waals surface area contributed by atoms with Crippen LogP contribution in [-0.4, -0.2) is 18.0 Å². The van der Waals surface area contributed by atoms with Crippen LogP contribution in [0.5, 0.6) is 0 Å². The topological polar surface area (TPSA) is 52.6 Å². The molecule has 0 aliphatic rings. The van der Waals surface area contributed by atoms with Crippen molar-refractivity contribution in [1.29, 1.82) is 0 Å². The number of ether oxygens (including phenoxy) is 1. The highest BCUT2D eigenvalue weighted by Crippen LogP contribution is 1.92. The third-order valence-electron chi connectivity index (χ3n) is 0.824. The number of rotatable bonds is 3. The van der Waals surface area contributed by atoms with Crippen LogP contribution in [0.25, 0.3) is 0 Å². The Morgan fingerprint density at radius 3 is 2.17 bits per heavy atom. The molecule has 0 aromatic rings. The number of hydrogen-bond donors (Lipinski definition) is 0. The van der Waals surface area contributed by atoms with Crippen molar-refractivity contribution in [3.05, 3.63) is 12.2 Å². The van der Waals surface area contributed by atoms with Crippen molar-refractivity contribution in [3.8, 4) is 0 Å². The minimum absolute atomic E-state index is 0.186. The highest BCUT2D eigenvalue weighted by Gasteiger charge is 2.01. The number of carbonyl (C=O) groups is 2. The van der Waals surface area contributed by atoms with Crippen molar-refractivity contribution in [1.82, 2.24) is 0 Å². The Hall–Kier alpha value is -0.890. The zero-order valence-electron chi connectivity index (χ0n) is 6.94. The molecule has 68 valence electrons. The molecule has 0 bridgehead atoms. The molecule has 0 fully saturated rings. The van der Waals surface area contributed by atoms with Gasteiger partial charge in [0.15, 0.2) is 0 Å². The lowest BCUT2D eigenvalue weighted by atomic mass is 10.4. The molecule has 4 nitrogen and oxygen atoms in total. The van der Waals surface area contributed by atoms with Gasteiger partial charge in [-0.2, -0.15) is 0 Å². The Bertz CT molecular complexity index is 198. The second-order valence-electron chi connectivity index (χ2n) is 2.26. The van der Waals surface area contributed by atoms with E-state index in [1.807, 2.05) is 0 Å². The van der Waals surface area contributed by atoms with E-state index in [2.05, 4.69) is 4.52 Å². The quantitative estimate of drug-likeness (QED) is 0.375. The molecule has 0 rings (SSSR count). The van der Waals surface area contributed by atoms with Crippen molar-refractivity contribution in [2.45, 2.75) is 20.0 Å². The van der Waals surface area contributed by atoms with E-state index < -0.39 is 11.9 Å². The molecule has 0 aromatic heterocycles. The smallest absolute Gasteiger partial charge is 0.333 e. The monoisotopic (exact) mass is 190 g/mol. The molecule has 0 radical (unpaired) electrons. The van der Waals surface area contributed by atoms with Crippen LogP contribution in [0.1, 0.15) is 13.8 Å². The van der Waals surface area contributed by atoms with E-state index in [4.69, 9.17) is 4.74 Å². The van der Waals surface area contributed by atoms with Gasteiger partial charge in [0.1, 0.15) is 0 Å². The summed E-state index contributed by atoms with van der Waals surface area (Å²) in [4.78, 5) is 21.2. The SMILES string of the molecule is CC(C)OC(=O)/C=C/C(=O)OP. The van der Waals surface area contributed by atoms with Gasteiger partial charge in [-0.3, -0.25) is 0 Å². The van der Waals surface area contributed by atoms with Gasteiger partial charge in [-0.05, 0) is 13.8 Å². The van der Waals surface area contributed by atoms with E-state index in [1.54, 1.807) is 23.3 Å². The first-order valence-corrected chi connectivity index (χ1v) is 3.82. The Labute approximate surface area is 73.2 Å². The van der Waals surface area contributed by atoms with Gasteiger partial charge in [-0.25, -0.2) is 9.59 Å². The van der Waals surface area contributed by atoms with Gasteiger partial charge in [0.05, 0.1) is 15.6 Å². The molecule has 0 heterocycles. The van der Waals surface area contributed by atoms with Gasteiger partial charge >= 0.3 is 11.9 Å². The summed E-state index contributed by atoms with van der Waals surface area (Å²) in [5, 5.41) is 0. The molecule has 0 N–H and O–H groups in total. The van der Waals surface area contributed by atoms with Crippen LogP contribution in [0.15, 0.2) is 12.2 Å². The molecular weight excluding hydrogens is 179 g/mol.